The minimum atomic E-state index is -1.45. The zero-order valence-corrected chi connectivity index (χ0v) is 12.9. The predicted molar refractivity (Wildman–Crippen MR) is 75.7 cm³/mol. The molecule has 0 saturated heterocycles. The molecule has 1 aromatic heterocycles. The molecule has 0 saturated carbocycles. The van der Waals surface area contributed by atoms with Crippen molar-refractivity contribution < 1.29 is 24.6 Å². The van der Waals surface area contributed by atoms with Gasteiger partial charge in [-0.05, 0) is 22.0 Å². The van der Waals surface area contributed by atoms with Crippen LogP contribution in [0.25, 0.3) is 0 Å². The smallest absolute Gasteiger partial charge is 0.326 e. The lowest BCUT2D eigenvalue weighted by molar-refractivity contribution is -0.145. The van der Waals surface area contributed by atoms with Crippen molar-refractivity contribution in [1.82, 2.24) is 10.2 Å². The number of carboxylic acids is 2. The van der Waals surface area contributed by atoms with Gasteiger partial charge >= 0.3 is 18.0 Å². The van der Waals surface area contributed by atoms with Gasteiger partial charge in [0.1, 0.15) is 6.04 Å². The fourth-order valence-corrected chi connectivity index (χ4v) is 2.88. The zero-order chi connectivity index (χ0) is 15.3. The summed E-state index contributed by atoms with van der Waals surface area (Å²) < 4.78 is 0.903. The minimum absolute atomic E-state index is 0.307. The Balaban J connectivity index is 2.59. The fourth-order valence-electron chi connectivity index (χ4n) is 1.38. The summed E-state index contributed by atoms with van der Waals surface area (Å²) in [5.74, 6) is -2.67. The molecule has 1 atom stereocenters. The van der Waals surface area contributed by atoms with Crippen LogP contribution in [0, 0.1) is 0 Å². The number of aliphatic carboxylic acids is 2. The number of carboxylic acid groups (broad SMARTS) is 2. The number of carbonyl (C=O) groups is 3. The van der Waals surface area contributed by atoms with Crippen molar-refractivity contribution >= 4 is 45.2 Å². The summed E-state index contributed by atoms with van der Waals surface area (Å²) in [4.78, 5) is 35.4. The maximum absolute atomic E-state index is 11.8. The van der Waals surface area contributed by atoms with Gasteiger partial charge in [-0.25, -0.2) is 9.59 Å². The van der Waals surface area contributed by atoms with Gasteiger partial charge in [0.15, 0.2) is 0 Å². The van der Waals surface area contributed by atoms with Crippen LogP contribution < -0.4 is 5.32 Å². The maximum Gasteiger partial charge on any atom is 0.326 e. The lowest BCUT2D eigenvalue weighted by Crippen LogP contribution is -2.47. The van der Waals surface area contributed by atoms with E-state index in [4.69, 9.17) is 10.2 Å². The predicted octanol–water partition coefficient (Wildman–Crippen LogP) is 1.58. The van der Waals surface area contributed by atoms with Crippen LogP contribution in [0.2, 0.25) is 0 Å². The largest absolute Gasteiger partial charge is 0.481 e. The Morgan fingerprint density at radius 2 is 2.10 bits per heavy atom. The van der Waals surface area contributed by atoms with Crippen LogP contribution in [-0.4, -0.2) is 46.2 Å². The first-order valence-corrected chi connectivity index (χ1v) is 7.16. The normalized spacial score (nSPS) is 11.7. The number of nitrogens with one attached hydrogen (secondary N) is 1. The van der Waals surface area contributed by atoms with Crippen molar-refractivity contribution in [2.75, 3.05) is 7.05 Å². The summed E-state index contributed by atoms with van der Waals surface area (Å²) in [6.45, 7) is 0.307. The first-order chi connectivity index (χ1) is 9.29. The number of carbonyl (C=O) groups excluding carboxylic acids is 1. The summed E-state index contributed by atoms with van der Waals surface area (Å²) in [7, 11) is 1.50. The van der Waals surface area contributed by atoms with Crippen LogP contribution in [0.5, 0.6) is 0 Å². The number of urea groups is 1. The molecule has 2 amide bonds. The highest BCUT2D eigenvalue weighted by atomic mass is 79.9. The fraction of sp³-hybridized carbons (Fsp3) is 0.364. The summed E-state index contributed by atoms with van der Waals surface area (Å²) in [6, 6.07) is -0.235. The van der Waals surface area contributed by atoms with Crippen LogP contribution >= 0.6 is 27.3 Å². The van der Waals surface area contributed by atoms with E-state index in [0.29, 0.717) is 6.54 Å². The first-order valence-electron chi connectivity index (χ1n) is 5.48. The van der Waals surface area contributed by atoms with Gasteiger partial charge < -0.3 is 20.4 Å². The highest BCUT2D eigenvalue weighted by Gasteiger charge is 2.24. The number of halogens is 1. The molecule has 9 heteroatoms. The molecule has 20 heavy (non-hydrogen) atoms. The molecule has 1 aromatic rings. The molecule has 3 N–H and O–H groups in total. The molecule has 0 unspecified atom stereocenters. The van der Waals surface area contributed by atoms with E-state index in [-0.39, 0.29) is 0 Å². The Labute approximate surface area is 127 Å². The molecule has 110 valence electrons. The Hall–Kier alpha value is -1.61. The van der Waals surface area contributed by atoms with Gasteiger partial charge in [-0.15, -0.1) is 11.3 Å². The second-order valence-electron chi connectivity index (χ2n) is 4.03. The highest BCUT2D eigenvalue weighted by Crippen LogP contribution is 2.20. The monoisotopic (exact) mass is 364 g/mol. The van der Waals surface area contributed by atoms with Gasteiger partial charge in [0.05, 0.1) is 13.0 Å². The van der Waals surface area contributed by atoms with E-state index in [9.17, 15) is 14.4 Å². The quantitative estimate of drug-likeness (QED) is 0.710. The Morgan fingerprint density at radius 3 is 2.55 bits per heavy atom. The molecule has 0 aromatic carbocycles. The lowest BCUT2D eigenvalue weighted by Gasteiger charge is -2.20. The second kappa shape index (κ2) is 7.25. The number of thiophene rings is 1. The van der Waals surface area contributed by atoms with Gasteiger partial charge in [-0.1, -0.05) is 0 Å². The van der Waals surface area contributed by atoms with Crippen LogP contribution in [-0.2, 0) is 16.1 Å². The van der Waals surface area contributed by atoms with E-state index in [2.05, 4.69) is 21.2 Å². The number of rotatable bonds is 6. The van der Waals surface area contributed by atoms with Crippen molar-refractivity contribution in [3.63, 3.8) is 0 Å². The Kier molecular flexibility index (Phi) is 5.96. The van der Waals surface area contributed by atoms with Crippen LogP contribution in [0.1, 0.15) is 11.3 Å². The number of hydrogen-bond donors (Lipinski definition) is 3. The van der Waals surface area contributed by atoms with Crippen molar-refractivity contribution in [1.29, 1.82) is 0 Å². The summed E-state index contributed by atoms with van der Waals surface area (Å²) >= 11 is 4.75. The molecule has 0 aliphatic heterocycles. The average molecular weight is 365 g/mol. The third-order valence-corrected chi connectivity index (χ3v) is 4.02. The highest BCUT2D eigenvalue weighted by molar-refractivity contribution is 9.10. The Bertz CT molecular complexity index is 519. The van der Waals surface area contributed by atoms with E-state index in [0.717, 1.165) is 9.35 Å². The average Bonchev–Trinajstić information content (AvgIpc) is 2.72. The maximum atomic E-state index is 11.8. The Morgan fingerprint density at radius 1 is 1.45 bits per heavy atom. The number of hydrogen-bond acceptors (Lipinski definition) is 4. The van der Waals surface area contributed by atoms with E-state index in [1.807, 2.05) is 11.4 Å². The summed E-state index contributed by atoms with van der Waals surface area (Å²) in [5.41, 5.74) is 0. The van der Waals surface area contributed by atoms with E-state index >= 15 is 0 Å². The molecule has 0 bridgehead atoms. The lowest BCUT2D eigenvalue weighted by atomic mass is 10.2. The van der Waals surface area contributed by atoms with Crippen LogP contribution in [0.3, 0.4) is 0 Å². The molecule has 0 fully saturated rings. The summed E-state index contributed by atoms with van der Waals surface area (Å²) in [6.07, 6.45) is -0.667. The van der Waals surface area contributed by atoms with E-state index in [1.165, 1.54) is 23.3 Å². The van der Waals surface area contributed by atoms with Gasteiger partial charge in [0, 0.05) is 21.8 Å². The molecule has 7 nitrogen and oxygen atoms in total. The van der Waals surface area contributed by atoms with Crippen molar-refractivity contribution in [2.24, 2.45) is 0 Å². The number of nitrogens with zero attached hydrogens (tertiary/aromatic N) is 1. The van der Waals surface area contributed by atoms with Gasteiger partial charge in [-0.2, -0.15) is 0 Å². The first kappa shape index (κ1) is 16.4. The summed E-state index contributed by atoms with van der Waals surface area (Å²) in [5, 5.41) is 21.5. The van der Waals surface area contributed by atoms with E-state index < -0.39 is 30.4 Å². The van der Waals surface area contributed by atoms with Crippen molar-refractivity contribution in [3.8, 4) is 0 Å². The third kappa shape index (κ3) is 5.17. The molecule has 1 heterocycles. The molecule has 0 radical (unpaired) electrons. The van der Waals surface area contributed by atoms with Crippen LogP contribution in [0.15, 0.2) is 15.9 Å². The zero-order valence-electron chi connectivity index (χ0n) is 10.5. The van der Waals surface area contributed by atoms with Gasteiger partial charge in [0.2, 0.25) is 0 Å². The van der Waals surface area contributed by atoms with Crippen LogP contribution in [0.4, 0.5) is 4.79 Å². The molecule has 0 aliphatic rings. The standard InChI is InChI=1S/C11H13BrN2O5S/c1-14(4-7-2-6(12)5-20-7)11(19)13-8(10(17)18)3-9(15)16/h2,5,8H,3-4H2,1H3,(H,13,19)(H,15,16)(H,17,18)/t8-/m0/s1. The number of amides is 2. The van der Waals surface area contributed by atoms with Crippen molar-refractivity contribution in [3.05, 3.63) is 20.8 Å². The van der Waals surface area contributed by atoms with Crippen molar-refractivity contribution in [2.45, 2.75) is 19.0 Å². The second-order valence-corrected chi connectivity index (χ2v) is 5.94. The van der Waals surface area contributed by atoms with Gasteiger partial charge in [0.25, 0.3) is 0 Å². The molecule has 0 aliphatic carbocycles. The third-order valence-electron chi connectivity index (χ3n) is 2.34. The van der Waals surface area contributed by atoms with E-state index in [1.54, 1.807) is 0 Å². The topological polar surface area (TPSA) is 107 Å². The minimum Gasteiger partial charge on any atom is -0.481 e. The molecular weight excluding hydrogens is 352 g/mol. The van der Waals surface area contributed by atoms with Gasteiger partial charge in [-0.3, -0.25) is 4.79 Å². The SMILES string of the molecule is CN(Cc1cc(Br)cs1)C(=O)N[C@@H](CC(=O)O)C(=O)O. The molecular formula is C11H13BrN2O5S. The molecule has 0 spiro atoms. The molecule has 1 rings (SSSR count).